The number of hydrogen-bond acceptors (Lipinski definition) is 3. The van der Waals surface area contributed by atoms with E-state index in [4.69, 9.17) is 0 Å². The van der Waals surface area contributed by atoms with E-state index < -0.39 is 0 Å². The number of carbonyl (C=O) groups excluding carboxylic acids is 2. The number of rotatable bonds is 4. The second kappa shape index (κ2) is 6.70. The van der Waals surface area contributed by atoms with Crippen molar-refractivity contribution in [3.8, 4) is 0 Å². The summed E-state index contributed by atoms with van der Waals surface area (Å²) in [6.07, 6.45) is 6.65. The third kappa shape index (κ3) is 3.80. The van der Waals surface area contributed by atoms with Gasteiger partial charge in [0.2, 0.25) is 5.91 Å². The molecule has 0 radical (unpaired) electrons. The Hall–Kier alpha value is -1.36. The first-order chi connectivity index (χ1) is 9.20. The molecule has 0 spiro atoms. The first kappa shape index (κ1) is 14.1. The Bertz CT molecular complexity index is 450. The summed E-state index contributed by atoms with van der Waals surface area (Å²) < 4.78 is 0. The third-order valence-corrected chi connectivity index (χ3v) is 4.42. The summed E-state index contributed by atoms with van der Waals surface area (Å²) in [7, 11) is 1.59. The zero-order valence-corrected chi connectivity index (χ0v) is 12.0. The van der Waals surface area contributed by atoms with Crippen LogP contribution >= 0.6 is 11.3 Å². The molecule has 2 amide bonds. The van der Waals surface area contributed by atoms with E-state index in [1.54, 1.807) is 13.1 Å². The summed E-state index contributed by atoms with van der Waals surface area (Å²) in [5, 5.41) is 7.92. The molecule has 2 N–H and O–H groups in total. The van der Waals surface area contributed by atoms with Crippen LogP contribution in [0.25, 0.3) is 0 Å². The van der Waals surface area contributed by atoms with Gasteiger partial charge in [0.1, 0.15) is 5.00 Å². The zero-order chi connectivity index (χ0) is 13.7. The van der Waals surface area contributed by atoms with Crippen LogP contribution in [-0.2, 0) is 4.79 Å². The van der Waals surface area contributed by atoms with Gasteiger partial charge in [0, 0.05) is 13.5 Å². The first-order valence-electron chi connectivity index (χ1n) is 6.80. The van der Waals surface area contributed by atoms with Crippen LogP contribution in [-0.4, -0.2) is 18.9 Å². The van der Waals surface area contributed by atoms with Crippen LogP contribution in [0.3, 0.4) is 0 Å². The molecule has 1 aromatic heterocycles. The zero-order valence-electron chi connectivity index (χ0n) is 11.2. The molecular weight excluding hydrogens is 260 g/mol. The predicted octanol–water partition coefficient (Wildman–Crippen LogP) is 3.02. The summed E-state index contributed by atoms with van der Waals surface area (Å²) in [5.74, 6) is 0.380. The van der Waals surface area contributed by atoms with E-state index in [2.05, 4.69) is 10.6 Å². The standard InChI is InChI=1S/C14H20N2O2S/c1-15-13(18)11-7-8-19-14(11)16-12(17)9-10-5-3-2-4-6-10/h7-8,10H,2-6,9H2,1H3,(H,15,18)(H,16,17). The normalized spacial score (nSPS) is 16.1. The lowest BCUT2D eigenvalue weighted by Gasteiger charge is -2.20. The van der Waals surface area contributed by atoms with Crippen molar-refractivity contribution < 1.29 is 9.59 Å². The summed E-state index contributed by atoms with van der Waals surface area (Å²) in [6, 6.07) is 1.74. The summed E-state index contributed by atoms with van der Waals surface area (Å²) in [6.45, 7) is 0. The van der Waals surface area contributed by atoms with Gasteiger partial charge in [-0.2, -0.15) is 0 Å². The van der Waals surface area contributed by atoms with Crippen molar-refractivity contribution in [2.45, 2.75) is 38.5 Å². The summed E-state index contributed by atoms with van der Waals surface area (Å²) in [5.41, 5.74) is 0.546. The average molecular weight is 280 g/mol. The Morgan fingerprint density at radius 1 is 1.32 bits per heavy atom. The number of thiophene rings is 1. The van der Waals surface area contributed by atoms with Gasteiger partial charge < -0.3 is 10.6 Å². The van der Waals surface area contributed by atoms with Crippen LogP contribution in [0.4, 0.5) is 5.00 Å². The van der Waals surface area contributed by atoms with Crippen molar-refractivity contribution in [3.05, 3.63) is 17.0 Å². The minimum Gasteiger partial charge on any atom is -0.355 e. The van der Waals surface area contributed by atoms with Gasteiger partial charge in [-0.25, -0.2) is 0 Å². The topological polar surface area (TPSA) is 58.2 Å². The van der Waals surface area contributed by atoms with Crippen molar-refractivity contribution in [3.63, 3.8) is 0 Å². The van der Waals surface area contributed by atoms with E-state index in [9.17, 15) is 9.59 Å². The highest BCUT2D eigenvalue weighted by Crippen LogP contribution is 2.28. The van der Waals surface area contributed by atoms with Gasteiger partial charge in [0.15, 0.2) is 0 Å². The summed E-state index contributed by atoms with van der Waals surface area (Å²) in [4.78, 5) is 23.6. The predicted molar refractivity (Wildman–Crippen MR) is 77.5 cm³/mol. The molecule has 5 heteroatoms. The smallest absolute Gasteiger partial charge is 0.254 e. The lowest BCUT2D eigenvalue weighted by Crippen LogP contribution is -2.21. The highest BCUT2D eigenvalue weighted by atomic mass is 32.1. The Labute approximate surface area is 117 Å². The molecule has 1 saturated carbocycles. The fraction of sp³-hybridized carbons (Fsp3) is 0.571. The number of anilines is 1. The van der Waals surface area contributed by atoms with Crippen LogP contribution < -0.4 is 10.6 Å². The number of amides is 2. The van der Waals surface area contributed by atoms with E-state index in [1.807, 2.05) is 5.38 Å². The molecule has 2 rings (SSSR count). The Kier molecular flexibility index (Phi) is 4.96. The van der Waals surface area contributed by atoms with Gasteiger partial charge in [-0.05, 0) is 30.2 Å². The fourth-order valence-corrected chi connectivity index (χ4v) is 3.35. The molecule has 1 aromatic rings. The maximum absolute atomic E-state index is 12.0. The Balaban J connectivity index is 1.91. The highest BCUT2D eigenvalue weighted by Gasteiger charge is 2.19. The maximum Gasteiger partial charge on any atom is 0.254 e. The van der Waals surface area contributed by atoms with Gasteiger partial charge in [-0.15, -0.1) is 11.3 Å². The van der Waals surface area contributed by atoms with E-state index in [-0.39, 0.29) is 11.8 Å². The molecule has 0 aliphatic heterocycles. The lowest BCUT2D eigenvalue weighted by molar-refractivity contribution is -0.117. The Morgan fingerprint density at radius 3 is 2.74 bits per heavy atom. The molecule has 0 unspecified atom stereocenters. The van der Waals surface area contributed by atoms with Crippen LogP contribution in [0.1, 0.15) is 48.9 Å². The van der Waals surface area contributed by atoms with Gasteiger partial charge in [0.25, 0.3) is 5.91 Å². The Morgan fingerprint density at radius 2 is 2.05 bits per heavy atom. The second-order valence-electron chi connectivity index (χ2n) is 5.00. The molecule has 0 atom stereocenters. The molecule has 0 bridgehead atoms. The van der Waals surface area contributed by atoms with Gasteiger partial charge in [-0.1, -0.05) is 19.3 Å². The first-order valence-corrected chi connectivity index (χ1v) is 7.68. The number of nitrogens with one attached hydrogen (secondary N) is 2. The minimum absolute atomic E-state index is 0.0273. The number of hydrogen-bond donors (Lipinski definition) is 2. The monoisotopic (exact) mass is 280 g/mol. The third-order valence-electron chi connectivity index (χ3n) is 3.59. The molecule has 0 aromatic carbocycles. The van der Waals surface area contributed by atoms with E-state index in [1.165, 1.54) is 30.6 Å². The van der Waals surface area contributed by atoms with E-state index in [0.717, 1.165) is 12.8 Å². The second-order valence-corrected chi connectivity index (χ2v) is 5.91. The van der Waals surface area contributed by atoms with Gasteiger partial charge in [0.05, 0.1) is 5.56 Å². The fourth-order valence-electron chi connectivity index (χ4n) is 2.55. The maximum atomic E-state index is 12.0. The molecule has 1 aliphatic rings. The average Bonchev–Trinajstić information content (AvgIpc) is 2.87. The van der Waals surface area contributed by atoms with Gasteiger partial charge in [-0.3, -0.25) is 9.59 Å². The molecule has 104 valence electrons. The van der Waals surface area contributed by atoms with Crippen LogP contribution in [0.2, 0.25) is 0 Å². The van der Waals surface area contributed by atoms with Crippen LogP contribution in [0.15, 0.2) is 11.4 Å². The molecule has 19 heavy (non-hydrogen) atoms. The van der Waals surface area contributed by atoms with Crippen LogP contribution in [0.5, 0.6) is 0 Å². The molecule has 1 fully saturated rings. The van der Waals surface area contributed by atoms with Gasteiger partial charge >= 0.3 is 0 Å². The summed E-state index contributed by atoms with van der Waals surface area (Å²) >= 11 is 1.39. The quantitative estimate of drug-likeness (QED) is 0.890. The SMILES string of the molecule is CNC(=O)c1ccsc1NC(=O)CC1CCCCC1. The van der Waals surface area contributed by atoms with Crippen molar-refractivity contribution in [1.82, 2.24) is 5.32 Å². The molecular formula is C14H20N2O2S. The highest BCUT2D eigenvalue weighted by molar-refractivity contribution is 7.14. The van der Waals surface area contributed by atoms with E-state index >= 15 is 0 Å². The van der Waals surface area contributed by atoms with Crippen LogP contribution in [0, 0.1) is 5.92 Å². The molecule has 4 nitrogen and oxygen atoms in total. The largest absolute Gasteiger partial charge is 0.355 e. The lowest BCUT2D eigenvalue weighted by atomic mass is 9.87. The number of carbonyl (C=O) groups is 2. The van der Waals surface area contributed by atoms with Crippen molar-refractivity contribution >= 4 is 28.2 Å². The molecule has 0 saturated heterocycles. The molecule has 1 aliphatic carbocycles. The van der Waals surface area contributed by atoms with E-state index in [0.29, 0.717) is 22.9 Å². The van der Waals surface area contributed by atoms with Crippen molar-refractivity contribution in [1.29, 1.82) is 0 Å². The van der Waals surface area contributed by atoms with Crippen molar-refractivity contribution in [2.24, 2.45) is 5.92 Å². The van der Waals surface area contributed by atoms with Crippen molar-refractivity contribution in [2.75, 3.05) is 12.4 Å². The minimum atomic E-state index is -0.158. The molecule has 1 heterocycles.